The molecular formula is C14H26N4. The van der Waals surface area contributed by atoms with Gasteiger partial charge in [0.05, 0.1) is 0 Å². The first-order valence-corrected chi connectivity index (χ1v) is 6.66. The van der Waals surface area contributed by atoms with Gasteiger partial charge in [0, 0.05) is 24.8 Å². The molecule has 102 valence electrons. The van der Waals surface area contributed by atoms with Gasteiger partial charge in [0.25, 0.3) is 0 Å². The summed E-state index contributed by atoms with van der Waals surface area (Å²) in [4.78, 5) is 8.78. The molecule has 1 heterocycles. The molecule has 0 fully saturated rings. The van der Waals surface area contributed by atoms with Crippen LogP contribution in [0.15, 0.2) is 6.07 Å². The summed E-state index contributed by atoms with van der Waals surface area (Å²) < 4.78 is 0. The molecule has 1 atom stereocenters. The molecule has 18 heavy (non-hydrogen) atoms. The number of hydrogen-bond donors (Lipinski definition) is 2. The highest BCUT2D eigenvalue weighted by atomic mass is 15.1. The van der Waals surface area contributed by atoms with Crippen molar-refractivity contribution in [3.8, 4) is 0 Å². The van der Waals surface area contributed by atoms with E-state index in [2.05, 4.69) is 48.3 Å². The fourth-order valence-electron chi connectivity index (χ4n) is 1.46. The van der Waals surface area contributed by atoms with Crippen molar-refractivity contribution in [3.63, 3.8) is 0 Å². The first-order chi connectivity index (χ1) is 8.32. The predicted octanol–water partition coefficient (Wildman–Crippen LogP) is 3.31. The molecule has 2 N–H and O–H groups in total. The van der Waals surface area contributed by atoms with Gasteiger partial charge in [-0.15, -0.1) is 0 Å². The number of aromatic nitrogens is 2. The van der Waals surface area contributed by atoms with Gasteiger partial charge in [-0.3, -0.25) is 0 Å². The van der Waals surface area contributed by atoms with E-state index in [9.17, 15) is 0 Å². The fourth-order valence-corrected chi connectivity index (χ4v) is 1.46. The lowest BCUT2D eigenvalue weighted by Gasteiger charge is -2.27. The summed E-state index contributed by atoms with van der Waals surface area (Å²) in [5.41, 5.74) is 1.28. The van der Waals surface area contributed by atoms with Gasteiger partial charge >= 0.3 is 0 Å². The van der Waals surface area contributed by atoms with E-state index in [1.807, 2.05) is 19.9 Å². The second-order valence-corrected chi connectivity index (χ2v) is 5.90. The predicted molar refractivity (Wildman–Crippen MR) is 78.0 cm³/mol. The first kappa shape index (κ1) is 14.7. The Morgan fingerprint density at radius 2 is 1.89 bits per heavy atom. The van der Waals surface area contributed by atoms with Gasteiger partial charge in [0.15, 0.2) is 0 Å². The van der Waals surface area contributed by atoms with Crippen molar-refractivity contribution in [1.82, 2.24) is 9.97 Å². The van der Waals surface area contributed by atoms with Crippen LogP contribution in [0.25, 0.3) is 0 Å². The van der Waals surface area contributed by atoms with Gasteiger partial charge in [-0.1, -0.05) is 27.7 Å². The lowest BCUT2D eigenvalue weighted by molar-refractivity contribution is 0.274. The van der Waals surface area contributed by atoms with E-state index in [0.29, 0.717) is 17.3 Å². The Bertz CT molecular complexity index is 382. The monoisotopic (exact) mass is 250 g/mol. The van der Waals surface area contributed by atoms with Gasteiger partial charge in [-0.05, 0) is 25.2 Å². The van der Waals surface area contributed by atoms with Crippen LogP contribution in [0.4, 0.5) is 11.8 Å². The molecule has 0 saturated carbocycles. The van der Waals surface area contributed by atoms with Crippen LogP contribution < -0.4 is 10.6 Å². The Morgan fingerprint density at radius 1 is 1.22 bits per heavy atom. The Balaban J connectivity index is 2.67. The van der Waals surface area contributed by atoms with Gasteiger partial charge in [-0.25, -0.2) is 4.98 Å². The molecule has 0 spiro atoms. The van der Waals surface area contributed by atoms with E-state index in [0.717, 1.165) is 24.6 Å². The van der Waals surface area contributed by atoms with E-state index in [4.69, 9.17) is 0 Å². The van der Waals surface area contributed by atoms with E-state index in [-0.39, 0.29) is 0 Å². The third-order valence-electron chi connectivity index (χ3n) is 3.26. The number of hydrogen-bond acceptors (Lipinski definition) is 4. The molecular weight excluding hydrogens is 224 g/mol. The molecule has 4 heteroatoms. The number of nitrogens with zero attached hydrogens (tertiary/aromatic N) is 2. The molecule has 0 amide bonds. The minimum Gasteiger partial charge on any atom is -0.370 e. The van der Waals surface area contributed by atoms with Gasteiger partial charge in [0.2, 0.25) is 5.95 Å². The molecule has 0 aliphatic carbocycles. The SMILES string of the molecule is CCNc1nc(C)cc(NCC(C)C(C)(C)C)n1. The molecule has 0 aliphatic heterocycles. The largest absolute Gasteiger partial charge is 0.370 e. The first-order valence-electron chi connectivity index (χ1n) is 6.66. The molecule has 0 aromatic carbocycles. The van der Waals surface area contributed by atoms with Crippen molar-refractivity contribution < 1.29 is 0 Å². The Hall–Kier alpha value is -1.32. The Labute approximate surface area is 111 Å². The molecule has 0 radical (unpaired) electrons. The van der Waals surface area contributed by atoms with Crippen molar-refractivity contribution in [2.45, 2.75) is 41.5 Å². The number of aryl methyl sites for hydroxylation is 1. The van der Waals surface area contributed by atoms with Crippen LogP contribution in [0.5, 0.6) is 0 Å². The lowest BCUT2D eigenvalue weighted by Crippen LogP contribution is -2.25. The summed E-state index contributed by atoms with van der Waals surface area (Å²) in [6, 6.07) is 1.98. The lowest BCUT2D eigenvalue weighted by atomic mass is 9.82. The topological polar surface area (TPSA) is 49.8 Å². The van der Waals surface area contributed by atoms with Crippen molar-refractivity contribution in [2.24, 2.45) is 11.3 Å². The maximum atomic E-state index is 4.44. The zero-order chi connectivity index (χ0) is 13.8. The third kappa shape index (κ3) is 4.51. The van der Waals surface area contributed by atoms with Gasteiger partial charge < -0.3 is 10.6 Å². The van der Waals surface area contributed by atoms with E-state index >= 15 is 0 Å². The maximum Gasteiger partial charge on any atom is 0.224 e. The molecule has 0 saturated heterocycles. The highest BCUT2D eigenvalue weighted by molar-refractivity contribution is 5.42. The van der Waals surface area contributed by atoms with Crippen molar-refractivity contribution >= 4 is 11.8 Å². The average Bonchev–Trinajstić information content (AvgIpc) is 2.24. The van der Waals surface area contributed by atoms with Crippen LogP contribution in [0.3, 0.4) is 0 Å². The van der Waals surface area contributed by atoms with E-state index < -0.39 is 0 Å². The fraction of sp³-hybridized carbons (Fsp3) is 0.714. The van der Waals surface area contributed by atoms with Crippen LogP contribution in [-0.2, 0) is 0 Å². The highest BCUT2D eigenvalue weighted by Crippen LogP contribution is 2.25. The van der Waals surface area contributed by atoms with Crippen LogP contribution in [0.2, 0.25) is 0 Å². The molecule has 0 aliphatic rings. The highest BCUT2D eigenvalue weighted by Gasteiger charge is 2.19. The quantitative estimate of drug-likeness (QED) is 0.841. The standard InChI is InChI=1S/C14H26N4/c1-7-15-13-17-11(3)8-12(18-13)16-9-10(2)14(4,5)6/h8,10H,7,9H2,1-6H3,(H2,15,16,17,18). The van der Waals surface area contributed by atoms with E-state index in [1.165, 1.54) is 0 Å². The Morgan fingerprint density at radius 3 is 2.44 bits per heavy atom. The van der Waals surface area contributed by atoms with Crippen molar-refractivity contribution in [1.29, 1.82) is 0 Å². The smallest absolute Gasteiger partial charge is 0.224 e. The molecule has 1 aromatic rings. The summed E-state index contributed by atoms with van der Waals surface area (Å²) in [6.45, 7) is 14.8. The van der Waals surface area contributed by atoms with Crippen molar-refractivity contribution in [2.75, 3.05) is 23.7 Å². The van der Waals surface area contributed by atoms with Crippen LogP contribution in [-0.4, -0.2) is 23.1 Å². The summed E-state index contributed by atoms with van der Waals surface area (Å²) in [5, 5.41) is 6.54. The summed E-state index contributed by atoms with van der Waals surface area (Å²) >= 11 is 0. The number of anilines is 2. The van der Waals surface area contributed by atoms with Crippen LogP contribution >= 0.6 is 0 Å². The average molecular weight is 250 g/mol. The van der Waals surface area contributed by atoms with Gasteiger partial charge in [-0.2, -0.15) is 4.98 Å². The van der Waals surface area contributed by atoms with Crippen LogP contribution in [0, 0.1) is 18.3 Å². The second kappa shape index (κ2) is 6.03. The van der Waals surface area contributed by atoms with E-state index in [1.54, 1.807) is 0 Å². The van der Waals surface area contributed by atoms with Crippen LogP contribution in [0.1, 0.15) is 40.3 Å². The summed E-state index contributed by atoms with van der Waals surface area (Å²) in [6.07, 6.45) is 0. The maximum absolute atomic E-state index is 4.44. The normalized spacial score (nSPS) is 13.2. The molecule has 0 bridgehead atoms. The number of nitrogens with one attached hydrogen (secondary N) is 2. The molecule has 1 unspecified atom stereocenters. The Kier molecular flexibility index (Phi) is 4.93. The third-order valence-corrected chi connectivity index (χ3v) is 3.26. The molecule has 4 nitrogen and oxygen atoms in total. The number of rotatable bonds is 5. The van der Waals surface area contributed by atoms with Gasteiger partial charge in [0.1, 0.15) is 5.82 Å². The second-order valence-electron chi connectivity index (χ2n) is 5.90. The zero-order valence-corrected chi connectivity index (χ0v) is 12.5. The summed E-state index contributed by atoms with van der Waals surface area (Å²) in [5.74, 6) is 2.17. The minimum atomic E-state index is 0.305. The zero-order valence-electron chi connectivity index (χ0n) is 12.5. The van der Waals surface area contributed by atoms with Crippen molar-refractivity contribution in [3.05, 3.63) is 11.8 Å². The molecule has 1 rings (SSSR count). The molecule has 1 aromatic heterocycles. The summed E-state index contributed by atoms with van der Waals surface area (Å²) in [7, 11) is 0. The minimum absolute atomic E-state index is 0.305.